The van der Waals surface area contributed by atoms with Crippen LogP contribution < -0.4 is 5.32 Å². The number of ether oxygens (including phenoxy) is 1. The number of aliphatic hydroxyl groups is 1. The Hall–Kier alpha value is -3.79. The standard InChI is InChI=1S/C28H35N3O7/c1-17(2)26-19(4)9-10-24(34)29-11-5-7-18(3)13-20(32)14-21(33)15-25-30-22(16-37-25)27(35)31-12-6-8-23(31)28(36)38-26/h5,7-10,13,16-17,19,21,26,33H,6,11-12,14-15H2,1-4H3,(H,29,34)/b7-5+,10-9+,18-13+/t19-,21-,26?/m1/s1. The number of hydrogen-bond donors (Lipinski definition) is 2. The third-order valence-corrected chi connectivity index (χ3v) is 6.19. The van der Waals surface area contributed by atoms with Gasteiger partial charge < -0.3 is 24.5 Å². The molecule has 2 aliphatic rings. The van der Waals surface area contributed by atoms with Crippen molar-refractivity contribution in [1.29, 1.82) is 0 Å². The number of esters is 1. The Bertz CT molecular complexity index is 1170. The van der Waals surface area contributed by atoms with Crippen molar-refractivity contribution in [3.63, 3.8) is 0 Å². The van der Waals surface area contributed by atoms with E-state index in [0.717, 1.165) is 0 Å². The van der Waals surface area contributed by atoms with Gasteiger partial charge in [-0.2, -0.15) is 0 Å². The third kappa shape index (κ3) is 7.85. The Kier molecular flexibility index (Phi) is 9.95. The normalized spacial score (nSPS) is 27.6. The fourth-order valence-corrected chi connectivity index (χ4v) is 4.32. The summed E-state index contributed by atoms with van der Waals surface area (Å²) in [7, 11) is 0. The van der Waals surface area contributed by atoms with Crippen LogP contribution in [0.4, 0.5) is 0 Å². The number of nitrogens with one attached hydrogen (secondary N) is 1. The second kappa shape index (κ2) is 13.1. The van der Waals surface area contributed by atoms with Gasteiger partial charge in [-0.25, -0.2) is 9.78 Å². The molecular weight excluding hydrogens is 490 g/mol. The van der Waals surface area contributed by atoms with E-state index in [4.69, 9.17) is 9.15 Å². The van der Waals surface area contributed by atoms with E-state index in [-0.39, 0.29) is 66.7 Å². The molecule has 3 heterocycles. The molecule has 0 saturated carbocycles. The van der Waals surface area contributed by atoms with Gasteiger partial charge >= 0.3 is 5.97 Å². The molecular formula is C28H35N3O7. The Morgan fingerprint density at radius 2 is 1.92 bits per heavy atom. The molecule has 10 nitrogen and oxygen atoms in total. The number of cyclic esters (lactones) is 1. The molecule has 2 amide bonds. The highest BCUT2D eigenvalue weighted by atomic mass is 16.5. The summed E-state index contributed by atoms with van der Waals surface area (Å²) >= 11 is 0. The Morgan fingerprint density at radius 1 is 1.16 bits per heavy atom. The lowest BCUT2D eigenvalue weighted by molar-refractivity contribution is -0.149. The molecule has 0 aromatic carbocycles. The predicted octanol–water partition coefficient (Wildman–Crippen LogP) is 2.66. The van der Waals surface area contributed by atoms with Gasteiger partial charge in [-0.05, 0) is 37.0 Å². The molecule has 3 rings (SSSR count). The smallest absolute Gasteiger partial charge is 0.355 e. The summed E-state index contributed by atoms with van der Waals surface area (Å²) in [5, 5.41) is 13.1. The summed E-state index contributed by atoms with van der Waals surface area (Å²) in [6.45, 7) is 7.96. The number of rotatable bonds is 1. The van der Waals surface area contributed by atoms with Crippen LogP contribution in [0.25, 0.3) is 0 Å². The van der Waals surface area contributed by atoms with E-state index in [1.165, 1.54) is 23.3 Å². The number of aliphatic hydroxyl groups excluding tert-OH is 1. The van der Waals surface area contributed by atoms with Crippen molar-refractivity contribution < 1.29 is 33.4 Å². The number of aromatic nitrogens is 1. The molecule has 10 heteroatoms. The minimum atomic E-state index is -1.06. The molecule has 0 aliphatic carbocycles. The summed E-state index contributed by atoms with van der Waals surface area (Å²) in [6, 6.07) is 0. The van der Waals surface area contributed by atoms with Gasteiger partial charge in [0.05, 0.1) is 12.5 Å². The van der Waals surface area contributed by atoms with Gasteiger partial charge in [0.1, 0.15) is 18.1 Å². The van der Waals surface area contributed by atoms with Crippen LogP contribution in [0.2, 0.25) is 0 Å². The first-order valence-corrected chi connectivity index (χ1v) is 12.7. The predicted molar refractivity (Wildman–Crippen MR) is 139 cm³/mol. The molecule has 1 unspecified atom stereocenters. The lowest BCUT2D eigenvalue weighted by atomic mass is 9.94. The number of hydrogen-bond acceptors (Lipinski definition) is 8. The summed E-state index contributed by atoms with van der Waals surface area (Å²) in [5.41, 5.74) is 0.775. The SMILES string of the molecule is CC1=C\C(=O)C[C@@H](O)Cc2nc(co2)C(=O)N2CCC=C2C(=O)OC(C(C)C)[C@H](C)/C=C/C(=O)NC\C=C\1. The van der Waals surface area contributed by atoms with E-state index >= 15 is 0 Å². The fourth-order valence-electron chi connectivity index (χ4n) is 4.32. The molecule has 0 radical (unpaired) electrons. The number of fused-ring (bicyclic) bond motifs is 3. The zero-order valence-electron chi connectivity index (χ0n) is 22.2. The van der Waals surface area contributed by atoms with E-state index < -0.39 is 24.1 Å². The highest BCUT2D eigenvalue weighted by Crippen LogP contribution is 2.24. The number of carbonyl (C=O) groups excluding carboxylic acids is 4. The Labute approximate surface area is 222 Å². The van der Waals surface area contributed by atoms with Crippen molar-refractivity contribution in [2.45, 2.75) is 59.2 Å². The van der Waals surface area contributed by atoms with Crippen molar-refractivity contribution in [2.75, 3.05) is 13.1 Å². The van der Waals surface area contributed by atoms with E-state index in [1.54, 1.807) is 31.2 Å². The molecule has 0 saturated heterocycles. The minimum Gasteiger partial charge on any atom is -0.457 e. The molecule has 2 aliphatic heterocycles. The van der Waals surface area contributed by atoms with E-state index in [1.807, 2.05) is 20.8 Å². The largest absolute Gasteiger partial charge is 0.457 e. The van der Waals surface area contributed by atoms with Crippen LogP contribution in [0, 0.1) is 11.8 Å². The fraction of sp³-hybridized carbons (Fsp3) is 0.464. The van der Waals surface area contributed by atoms with E-state index in [0.29, 0.717) is 12.0 Å². The molecule has 0 fully saturated rings. The molecule has 3 atom stereocenters. The molecule has 2 bridgehead atoms. The van der Waals surface area contributed by atoms with Crippen LogP contribution in [0.3, 0.4) is 0 Å². The van der Waals surface area contributed by atoms with E-state index in [2.05, 4.69) is 10.3 Å². The number of allylic oxidation sites excluding steroid dienone is 3. The average Bonchev–Trinajstić information content (AvgIpc) is 3.52. The highest BCUT2D eigenvalue weighted by Gasteiger charge is 2.33. The van der Waals surface area contributed by atoms with Crippen molar-refractivity contribution in [3.8, 4) is 0 Å². The average molecular weight is 526 g/mol. The maximum atomic E-state index is 13.1. The number of ketones is 1. The quantitative estimate of drug-likeness (QED) is 0.534. The van der Waals surface area contributed by atoms with Gasteiger partial charge in [-0.3, -0.25) is 14.4 Å². The maximum Gasteiger partial charge on any atom is 0.355 e. The van der Waals surface area contributed by atoms with Crippen molar-refractivity contribution in [2.24, 2.45) is 11.8 Å². The first kappa shape index (κ1) is 28.8. The van der Waals surface area contributed by atoms with Crippen LogP contribution in [0.1, 0.15) is 56.9 Å². The molecule has 0 spiro atoms. The summed E-state index contributed by atoms with van der Waals surface area (Å²) in [6.07, 6.45) is 9.41. The van der Waals surface area contributed by atoms with Crippen molar-refractivity contribution >= 4 is 23.6 Å². The molecule has 38 heavy (non-hydrogen) atoms. The first-order valence-electron chi connectivity index (χ1n) is 12.7. The van der Waals surface area contributed by atoms with Crippen LogP contribution in [0.5, 0.6) is 0 Å². The summed E-state index contributed by atoms with van der Waals surface area (Å²) in [4.78, 5) is 56.3. The lowest BCUT2D eigenvalue weighted by Gasteiger charge is -2.27. The van der Waals surface area contributed by atoms with Gasteiger partial charge in [0.2, 0.25) is 5.91 Å². The highest BCUT2D eigenvalue weighted by molar-refractivity contribution is 6.00. The number of oxazole rings is 1. The lowest BCUT2D eigenvalue weighted by Crippen LogP contribution is -2.36. The van der Waals surface area contributed by atoms with Crippen LogP contribution in [0.15, 0.2) is 58.4 Å². The molecule has 1 aromatic rings. The van der Waals surface area contributed by atoms with Crippen molar-refractivity contribution in [1.82, 2.24) is 15.2 Å². The van der Waals surface area contributed by atoms with E-state index in [9.17, 15) is 24.3 Å². The van der Waals surface area contributed by atoms with Crippen LogP contribution in [-0.4, -0.2) is 63.9 Å². The van der Waals surface area contributed by atoms with Gasteiger partial charge in [0.25, 0.3) is 5.91 Å². The molecule has 204 valence electrons. The second-order valence-electron chi connectivity index (χ2n) is 9.86. The number of carbonyl (C=O) groups is 4. The Balaban J connectivity index is 1.86. The monoisotopic (exact) mass is 525 g/mol. The zero-order chi connectivity index (χ0) is 27.8. The molecule has 1 aromatic heterocycles. The van der Waals surface area contributed by atoms with Gasteiger partial charge in [-0.15, -0.1) is 0 Å². The first-order chi connectivity index (χ1) is 18.0. The number of amides is 2. The Morgan fingerprint density at radius 3 is 2.66 bits per heavy atom. The van der Waals surface area contributed by atoms with Crippen LogP contribution >= 0.6 is 0 Å². The zero-order valence-corrected chi connectivity index (χ0v) is 22.2. The van der Waals surface area contributed by atoms with Crippen LogP contribution in [-0.2, 0) is 25.5 Å². The van der Waals surface area contributed by atoms with Gasteiger partial charge in [0, 0.05) is 25.4 Å². The molecule has 2 N–H and O–H groups in total. The minimum absolute atomic E-state index is 0.0129. The van der Waals surface area contributed by atoms with Crippen molar-refractivity contribution in [3.05, 3.63) is 65.6 Å². The summed E-state index contributed by atoms with van der Waals surface area (Å²) < 4.78 is 11.2. The summed E-state index contributed by atoms with van der Waals surface area (Å²) in [5.74, 6) is -1.97. The second-order valence-corrected chi connectivity index (χ2v) is 9.86. The third-order valence-electron chi connectivity index (χ3n) is 6.19. The topological polar surface area (TPSA) is 139 Å². The van der Waals surface area contributed by atoms with Gasteiger partial charge in [-0.1, -0.05) is 45.1 Å². The maximum absolute atomic E-state index is 13.1. The van der Waals surface area contributed by atoms with Gasteiger partial charge in [0.15, 0.2) is 17.4 Å². The number of nitrogens with zero attached hydrogens (tertiary/aromatic N) is 2.